The van der Waals surface area contributed by atoms with Crippen molar-refractivity contribution in [3.8, 4) is 11.8 Å². The third-order valence-corrected chi connectivity index (χ3v) is 8.46. The van der Waals surface area contributed by atoms with E-state index in [4.69, 9.17) is 4.74 Å². The summed E-state index contributed by atoms with van der Waals surface area (Å²) in [5, 5.41) is 22.5. The number of ether oxygens (including phenoxy) is 1. The monoisotopic (exact) mass is 495 g/mol. The number of hydrogen-bond acceptors (Lipinski definition) is 7. The molecule has 0 spiro atoms. The van der Waals surface area contributed by atoms with E-state index >= 15 is 0 Å². The molecule has 178 valence electrons. The van der Waals surface area contributed by atoms with Gasteiger partial charge in [-0.15, -0.1) is 21.5 Å². The van der Waals surface area contributed by atoms with Crippen molar-refractivity contribution in [3.05, 3.63) is 51.7 Å². The van der Waals surface area contributed by atoms with E-state index in [1.54, 1.807) is 11.3 Å². The number of anilines is 1. The standard InChI is InChI=1S/C25H29N5O2S2/c1-5-17-10-11-18-19(13-26)24(34-21(18)12-17)27-22(31)14-33-25-29-28-23(30(25)4)16(3)32-20-9-7-6-8-15(20)2/h6-9,16-17H,5,10-12,14H2,1-4H3,(H,27,31). The van der Waals surface area contributed by atoms with Crippen LogP contribution in [0, 0.1) is 24.2 Å². The molecule has 1 aliphatic carbocycles. The summed E-state index contributed by atoms with van der Waals surface area (Å²) in [6.07, 6.45) is 3.89. The summed E-state index contributed by atoms with van der Waals surface area (Å²) in [6, 6.07) is 10.2. The fourth-order valence-corrected chi connectivity index (χ4v) is 6.29. The summed E-state index contributed by atoms with van der Waals surface area (Å²) < 4.78 is 7.93. The van der Waals surface area contributed by atoms with Gasteiger partial charge in [-0.25, -0.2) is 0 Å². The lowest BCUT2D eigenvalue weighted by Gasteiger charge is -2.20. The molecule has 2 aromatic heterocycles. The van der Waals surface area contributed by atoms with Crippen LogP contribution >= 0.6 is 23.1 Å². The molecule has 4 rings (SSSR count). The van der Waals surface area contributed by atoms with Crippen LogP contribution in [0.15, 0.2) is 29.4 Å². The van der Waals surface area contributed by atoms with Gasteiger partial charge < -0.3 is 14.6 Å². The minimum atomic E-state index is -0.288. The van der Waals surface area contributed by atoms with Crippen molar-refractivity contribution in [3.63, 3.8) is 0 Å². The van der Waals surface area contributed by atoms with Gasteiger partial charge in [0, 0.05) is 11.9 Å². The van der Waals surface area contributed by atoms with Crippen molar-refractivity contribution in [2.75, 3.05) is 11.1 Å². The van der Waals surface area contributed by atoms with Gasteiger partial charge in [-0.05, 0) is 56.2 Å². The number of carbonyl (C=O) groups is 1. The number of aromatic nitrogens is 3. The van der Waals surface area contributed by atoms with E-state index in [0.717, 1.165) is 42.6 Å². The van der Waals surface area contributed by atoms with Gasteiger partial charge in [0.25, 0.3) is 0 Å². The number of carbonyl (C=O) groups excluding carboxylic acids is 1. The molecule has 0 bridgehead atoms. The Balaban J connectivity index is 1.38. The number of fused-ring (bicyclic) bond motifs is 1. The van der Waals surface area contributed by atoms with Gasteiger partial charge in [0.05, 0.1) is 11.3 Å². The number of nitrogens with one attached hydrogen (secondary N) is 1. The molecule has 1 aliphatic rings. The first kappa shape index (κ1) is 24.3. The molecule has 0 fully saturated rings. The quantitative estimate of drug-likeness (QED) is 0.418. The number of amides is 1. The van der Waals surface area contributed by atoms with Crippen LogP contribution in [0.2, 0.25) is 0 Å². The predicted molar refractivity (Wildman–Crippen MR) is 135 cm³/mol. The van der Waals surface area contributed by atoms with Crippen LogP contribution in [0.25, 0.3) is 0 Å². The Kier molecular flexibility index (Phi) is 7.59. The molecule has 2 unspecified atom stereocenters. The Morgan fingerprint density at radius 1 is 1.41 bits per heavy atom. The van der Waals surface area contributed by atoms with Crippen molar-refractivity contribution in [1.29, 1.82) is 5.26 Å². The second-order valence-electron chi connectivity index (χ2n) is 8.60. The van der Waals surface area contributed by atoms with E-state index in [-0.39, 0.29) is 17.8 Å². The minimum Gasteiger partial charge on any atom is -0.482 e. The highest BCUT2D eigenvalue weighted by atomic mass is 32.2. The van der Waals surface area contributed by atoms with Crippen molar-refractivity contribution in [2.24, 2.45) is 13.0 Å². The van der Waals surface area contributed by atoms with Crippen molar-refractivity contribution in [2.45, 2.75) is 57.7 Å². The molecule has 34 heavy (non-hydrogen) atoms. The Hall–Kier alpha value is -2.83. The molecule has 1 amide bonds. The molecule has 9 heteroatoms. The second-order valence-corrected chi connectivity index (χ2v) is 10.6. The summed E-state index contributed by atoms with van der Waals surface area (Å²) in [5.41, 5.74) is 2.82. The molecule has 1 aromatic carbocycles. The van der Waals surface area contributed by atoms with E-state index < -0.39 is 0 Å². The summed E-state index contributed by atoms with van der Waals surface area (Å²) in [6.45, 7) is 6.15. The van der Waals surface area contributed by atoms with Gasteiger partial charge in [0.1, 0.15) is 16.8 Å². The van der Waals surface area contributed by atoms with Crippen LogP contribution in [-0.2, 0) is 24.7 Å². The van der Waals surface area contributed by atoms with Gasteiger partial charge >= 0.3 is 0 Å². The first-order valence-corrected chi connectivity index (χ1v) is 13.3. The maximum atomic E-state index is 12.7. The lowest BCUT2D eigenvalue weighted by atomic mass is 9.86. The van der Waals surface area contributed by atoms with Crippen LogP contribution in [0.5, 0.6) is 5.75 Å². The van der Waals surface area contributed by atoms with Gasteiger partial charge in [-0.3, -0.25) is 4.79 Å². The maximum Gasteiger partial charge on any atom is 0.235 e. The lowest BCUT2D eigenvalue weighted by molar-refractivity contribution is -0.113. The van der Waals surface area contributed by atoms with Crippen molar-refractivity contribution < 1.29 is 9.53 Å². The molecule has 0 saturated heterocycles. The Morgan fingerprint density at radius 3 is 2.94 bits per heavy atom. The Bertz CT molecular complexity index is 1230. The average molecular weight is 496 g/mol. The predicted octanol–water partition coefficient (Wildman–Crippen LogP) is 5.44. The minimum absolute atomic E-state index is 0.152. The molecule has 0 radical (unpaired) electrons. The Labute approximate surface area is 208 Å². The first-order chi connectivity index (χ1) is 16.4. The molecule has 2 heterocycles. The maximum absolute atomic E-state index is 12.7. The molecule has 7 nitrogen and oxygen atoms in total. The van der Waals surface area contributed by atoms with E-state index in [9.17, 15) is 10.1 Å². The SMILES string of the molecule is CCC1CCc2c(sc(NC(=O)CSc3nnc(C(C)Oc4ccccc4C)n3C)c2C#N)C1. The summed E-state index contributed by atoms with van der Waals surface area (Å²) >= 11 is 2.87. The zero-order valence-corrected chi connectivity index (χ0v) is 21.6. The highest BCUT2D eigenvalue weighted by molar-refractivity contribution is 7.99. The van der Waals surface area contributed by atoms with E-state index in [2.05, 4.69) is 28.5 Å². The fourth-order valence-electron chi connectivity index (χ4n) is 4.24. The van der Waals surface area contributed by atoms with Crippen LogP contribution in [0.1, 0.15) is 60.2 Å². The molecule has 1 N–H and O–H groups in total. The van der Waals surface area contributed by atoms with Crippen LogP contribution in [0.3, 0.4) is 0 Å². The van der Waals surface area contributed by atoms with Crippen molar-refractivity contribution >= 4 is 34.0 Å². The van der Waals surface area contributed by atoms with Gasteiger partial charge in [-0.2, -0.15) is 5.26 Å². The summed E-state index contributed by atoms with van der Waals surface area (Å²) in [7, 11) is 1.87. The number of hydrogen-bond donors (Lipinski definition) is 1. The van der Waals surface area contributed by atoms with Crippen LogP contribution in [-0.4, -0.2) is 26.4 Å². The molecule has 0 saturated carbocycles. The van der Waals surface area contributed by atoms with Crippen molar-refractivity contribution in [1.82, 2.24) is 14.8 Å². The number of thioether (sulfide) groups is 1. The normalized spacial score (nSPS) is 15.9. The topological polar surface area (TPSA) is 92.8 Å². The number of aryl methyl sites for hydroxylation is 1. The molecular weight excluding hydrogens is 466 g/mol. The van der Waals surface area contributed by atoms with Gasteiger partial charge in [-0.1, -0.05) is 43.3 Å². The molecule has 2 atom stereocenters. The third kappa shape index (κ3) is 5.13. The fraction of sp³-hybridized carbons (Fsp3) is 0.440. The number of para-hydroxylation sites is 1. The third-order valence-electron chi connectivity index (χ3n) is 6.27. The largest absolute Gasteiger partial charge is 0.482 e. The second kappa shape index (κ2) is 10.6. The zero-order valence-electron chi connectivity index (χ0n) is 19.9. The smallest absolute Gasteiger partial charge is 0.235 e. The van der Waals surface area contributed by atoms with E-state index in [1.807, 2.05) is 49.7 Å². The van der Waals surface area contributed by atoms with Gasteiger partial charge in [0.2, 0.25) is 5.91 Å². The van der Waals surface area contributed by atoms with Crippen LogP contribution in [0.4, 0.5) is 5.00 Å². The van der Waals surface area contributed by atoms with Gasteiger partial charge in [0.15, 0.2) is 17.1 Å². The average Bonchev–Trinajstić information content (AvgIpc) is 3.37. The summed E-state index contributed by atoms with van der Waals surface area (Å²) in [4.78, 5) is 13.9. The number of rotatable bonds is 8. The molecular formula is C25H29N5O2S2. The number of thiophene rings is 1. The van der Waals surface area contributed by atoms with E-state index in [1.165, 1.54) is 16.6 Å². The Morgan fingerprint density at radius 2 is 2.21 bits per heavy atom. The van der Waals surface area contributed by atoms with Crippen LogP contribution < -0.4 is 10.1 Å². The summed E-state index contributed by atoms with van der Waals surface area (Å²) in [5.74, 6) is 2.20. The van der Waals surface area contributed by atoms with E-state index in [0.29, 0.717) is 27.5 Å². The molecule has 0 aliphatic heterocycles. The number of nitrogens with zero attached hydrogens (tertiary/aromatic N) is 4. The number of nitriles is 1. The highest BCUT2D eigenvalue weighted by Gasteiger charge is 2.26. The highest BCUT2D eigenvalue weighted by Crippen LogP contribution is 2.40. The molecule has 3 aromatic rings. The lowest BCUT2D eigenvalue weighted by Crippen LogP contribution is -2.15. The number of benzene rings is 1. The first-order valence-electron chi connectivity index (χ1n) is 11.5. The zero-order chi connectivity index (χ0) is 24.2.